The Hall–Kier alpha value is -4.28. The molecule has 0 bridgehead atoms. The van der Waals surface area contributed by atoms with Crippen molar-refractivity contribution < 1.29 is 19.1 Å². The Kier molecular flexibility index (Phi) is 6.81. The van der Waals surface area contributed by atoms with Gasteiger partial charge >= 0.3 is 0 Å². The van der Waals surface area contributed by atoms with Gasteiger partial charge in [0.1, 0.15) is 12.2 Å². The number of halogens is 1. The van der Waals surface area contributed by atoms with Crippen LogP contribution in [0.3, 0.4) is 0 Å². The molecule has 3 aromatic rings. The summed E-state index contributed by atoms with van der Waals surface area (Å²) >= 11 is 6.50. The molecule has 0 saturated carbocycles. The molecule has 2 amide bonds. The van der Waals surface area contributed by atoms with Crippen LogP contribution in [0.1, 0.15) is 23.6 Å². The van der Waals surface area contributed by atoms with Gasteiger partial charge in [-0.05, 0) is 48.9 Å². The molecule has 0 aromatic heterocycles. The van der Waals surface area contributed by atoms with Gasteiger partial charge in [0.25, 0.3) is 11.8 Å². The monoisotopic (exact) mass is 473 g/mol. The lowest BCUT2D eigenvalue weighted by Gasteiger charge is -2.15. The fourth-order valence-electron chi connectivity index (χ4n) is 3.46. The number of amides is 2. The van der Waals surface area contributed by atoms with E-state index in [2.05, 4.69) is 11.5 Å². The van der Waals surface area contributed by atoms with E-state index in [1.54, 1.807) is 54.6 Å². The van der Waals surface area contributed by atoms with Gasteiger partial charge < -0.3 is 9.47 Å². The van der Waals surface area contributed by atoms with Crippen molar-refractivity contribution in [3.05, 3.63) is 94.0 Å². The molecule has 3 aromatic carbocycles. The average Bonchev–Trinajstić information content (AvgIpc) is 3.13. The Balaban J connectivity index is 1.62. The smallest absolute Gasteiger partial charge is 0.282 e. The van der Waals surface area contributed by atoms with Crippen LogP contribution in [0.4, 0.5) is 5.69 Å². The Morgan fingerprint density at radius 2 is 1.79 bits per heavy atom. The highest BCUT2D eigenvalue weighted by molar-refractivity contribution is 6.33. The zero-order valence-electron chi connectivity index (χ0n) is 18.2. The fraction of sp³-hybridized carbons (Fsp3) is 0.115. The van der Waals surface area contributed by atoms with E-state index < -0.39 is 11.8 Å². The second kappa shape index (κ2) is 10.1. The summed E-state index contributed by atoms with van der Waals surface area (Å²) in [6.07, 6.45) is 1.46. The minimum absolute atomic E-state index is 0.0287. The summed E-state index contributed by atoms with van der Waals surface area (Å²) in [6, 6.07) is 21.3. The number of rotatable bonds is 7. The molecule has 1 aliphatic rings. The Bertz CT molecular complexity index is 1320. The van der Waals surface area contributed by atoms with Crippen LogP contribution >= 0.6 is 11.6 Å². The number of carbonyl (C=O) groups is 2. The molecule has 0 spiro atoms. The summed E-state index contributed by atoms with van der Waals surface area (Å²) in [5, 5.41) is 10.7. The van der Waals surface area contributed by atoms with E-state index in [0.717, 1.165) is 0 Å². The van der Waals surface area contributed by atoms with Gasteiger partial charge in [0.05, 0.1) is 28.9 Å². The number of ether oxygens (including phenoxy) is 2. The highest BCUT2D eigenvalue weighted by atomic mass is 35.5. The summed E-state index contributed by atoms with van der Waals surface area (Å²) in [7, 11) is 0. The first-order valence-corrected chi connectivity index (χ1v) is 10.9. The van der Waals surface area contributed by atoms with Gasteiger partial charge in [-0.25, -0.2) is 5.01 Å². The van der Waals surface area contributed by atoms with Crippen molar-refractivity contribution in [2.75, 3.05) is 11.6 Å². The molecule has 170 valence electrons. The molecule has 1 heterocycles. The minimum Gasteiger partial charge on any atom is -0.490 e. The maximum atomic E-state index is 12.9. The van der Waals surface area contributed by atoms with Crippen molar-refractivity contribution in [1.29, 1.82) is 5.26 Å². The molecule has 8 heteroatoms. The lowest BCUT2D eigenvalue weighted by Crippen LogP contribution is -2.35. The molecule has 1 N–H and O–H groups in total. The number of hydrogen-bond acceptors (Lipinski definition) is 5. The predicted octanol–water partition coefficient (Wildman–Crippen LogP) is 4.65. The first-order chi connectivity index (χ1) is 16.5. The van der Waals surface area contributed by atoms with E-state index in [4.69, 9.17) is 21.1 Å². The van der Waals surface area contributed by atoms with Crippen LogP contribution in [0.2, 0.25) is 5.02 Å². The first kappa shape index (κ1) is 22.9. The summed E-state index contributed by atoms with van der Waals surface area (Å²) in [4.78, 5) is 25.4. The van der Waals surface area contributed by atoms with Crippen LogP contribution in [-0.2, 0) is 16.2 Å². The Labute approximate surface area is 201 Å². The van der Waals surface area contributed by atoms with E-state index in [9.17, 15) is 14.9 Å². The van der Waals surface area contributed by atoms with Crippen LogP contribution in [0, 0.1) is 11.3 Å². The summed E-state index contributed by atoms with van der Waals surface area (Å²) in [5.41, 5.74) is 4.82. The van der Waals surface area contributed by atoms with Gasteiger partial charge in [-0.15, -0.1) is 0 Å². The Morgan fingerprint density at radius 1 is 1.06 bits per heavy atom. The number of hydrogen-bond donors (Lipinski definition) is 1. The highest BCUT2D eigenvalue weighted by Crippen LogP contribution is 2.38. The lowest BCUT2D eigenvalue weighted by atomic mass is 10.1. The van der Waals surface area contributed by atoms with Crippen LogP contribution in [0.5, 0.6) is 11.5 Å². The van der Waals surface area contributed by atoms with Crippen LogP contribution in [0.25, 0.3) is 6.08 Å². The number of nitrogens with zero attached hydrogens (tertiary/aromatic N) is 2. The maximum Gasteiger partial charge on any atom is 0.282 e. The zero-order valence-corrected chi connectivity index (χ0v) is 19.0. The molecule has 0 atom stereocenters. The Morgan fingerprint density at radius 3 is 2.53 bits per heavy atom. The largest absolute Gasteiger partial charge is 0.490 e. The van der Waals surface area contributed by atoms with Gasteiger partial charge in [-0.2, -0.15) is 5.26 Å². The molecule has 7 nitrogen and oxygen atoms in total. The van der Waals surface area contributed by atoms with Crippen molar-refractivity contribution in [3.63, 3.8) is 0 Å². The van der Waals surface area contributed by atoms with Gasteiger partial charge in [0.2, 0.25) is 0 Å². The lowest BCUT2D eigenvalue weighted by molar-refractivity contribution is -0.117. The van der Waals surface area contributed by atoms with E-state index in [-0.39, 0.29) is 17.2 Å². The molecular weight excluding hydrogens is 454 g/mol. The normalized spacial score (nSPS) is 14.1. The second-order valence-corrected chi connectivity index (χ2v) is 7.70. The van der Waals surface area contributed by atoms with E-state index >= 15 is 0 Å². The topological polar surface area (TPSA) is 91.7 Å². The molecule has 1 saturated heterocycles. The van der Waals surface area contributed by atoms with Crippen LogP contribution in [-0.4, -0.2) is 18.4 Å². The molecule has 4 rings (SSSR count). The van der Waals surface area contributed by atoms with Crippen molar-refractivity contribution in [3.8, 4) is 17.6 Å². The third-order valence-corrected chi connectivity index (χ3v) is 5.34. The number of para-hydroxylation sites is 1. The minimum atomic E-state index is -0.517. The average molecular weight is 474 g/mol. The third-order valence-electron chi connectivity index (χ3n) is 5.06. The number of hydrazine groups is 1. The van der Waals surface area contributed by atoms with Crippen LogP contribution < -0.4 is 19.9 Å². The molecular formula is C26H20ClN3O4. The summed E-state index contributed by atoms with van der Waals surface area (Å²) < 4.78 is 11.6. The number of nitrogens with one attached hydrogen (secondary N) is 1. The molecule has 34 heavy (non-hydrogen) atoms. The standard InChI is InChI=1S/C26H20ClN3O4/c1-2-33-23-14-17(12-21-25(31)29-30(26(21)32)20-10-4-3-5-11-20)13-22(27)24(23)34-16-19-9-7-6-8-18(19)15-28/h3-14H,2,16H2,1H3,(H,29,31). The van der Waals surface area contributed by atoms with Crippen molar-refractivity contribution >= 4 is 35.2 Å². The number of nitriles is 1. The zero-order chi connectivity index (χ0) is 24.1. The first-order valence-electron chi connectivity index (χ1n) is 10.5. The van der Waals surface area contributed by atoms with Gasteiger partial charge in [0.15, 0.2) is 11.5 Å². The molecule has 0 radical (unpaired) electrons. The quantitative estimate of drug-likeness (QED) is 0.398. The van der Waals surface area contributed by atoms with E-state index in [0.29, 0.717) is 40.5 Å². The van der Waals surface area contributed by atoms with Crippen LogP contribution in [0.15, 0.2) is 72.3 Å². The predicted molar refractivity (Wildman–Crippen MR) is 128 cm³/mol. The number of anilines is 1. The summed E-state index contributed by atoms with van der Waals surface area (Å²) in [6.45, 7) is 2.29. The SMILES string of the molecule is CCOc1cc(C=C2C(=O)NN(c3ccccc3)C2=O)cc(Cl)c1OCc1ccccc1C#N. The van der Waals surface area contributed by atoms with E-state index in [1.807, 2.05) is 19.1 Å². The molecule has 1 fully saturated rings. The maximum absolute atomic E-state index is 12.9. The summed E-state index contributed by atoms with van der Waals surface area (Å²) in [5.74, 6) is -0.316. The van der Waals surface area contributed by atoms with Gasteiger partial charge in [-0.3, -0.25) is 15.0 Å². The molecule has 1 aliphatic heterocycles. The third kappa shape index (κ3) is 4.72. The second-order valence-electron chi connectivity index (χ2n) is 7.30. The van der Waals surface area contributed by atoms with Crippen molar-refractivity contribution in [1.82, 2.24) is 5.43 Å². The highest BCUT2D eigenvalue weighted by Gasteiger charge is 2.34. The van der Waals surface area contributed by atoms with Crippen molar-refractivity contribution in [2.24, 2.45) is 0 Å². The van der Waals surface area contributed by atoms with Crippen molar-refractivity contribution in [2.45, 2.75) is 13.5 Å². The van der Waals surface area contributed by atoms with Gasteiger partial charge in [0, 0.05) is 5.56 Å². The van der Waals surface area contributed by atoms with Gasteiger partial charge in [-0.1, -0.05) is 48.0 Å². The number of benzene rings is 3. The molecule has 0 aliphatic carbocycles. The fourth-order valence-corrected chi connectivity index (χ4v) is 3.74. The molecule has 0 unspecified atom stereocenters. The van der Waals surface area contributed by atoms with E-state index in [1.165, 1.54) is 11.1 Å². The number of carbonyl (C=O) groups excluding carboxylic acids is 2.